The Kier molecular flexibility index (Phi) is 4.29. The summed E-state index contributed by atoms with van der Waals surface area (Å²) in [5, 5.41) is 0.620. The molecule has 0 radical (unpaired) electrons. The first-order valence-corrected chi connectivity index (χ1v) is 5.44. The van der Waals surface area contributed by atoms with Crippen LogP contribution in [-0.4, -0.2) is 24.5 Å². The molecular weight excluding hydrogens is 275 g/mol. The summed E-state index contributed by atoms with van der Waals surface area (Å²) in [5.74, 6) is 1.43. The Morgan fingerprint density at radius 1 is 1.62 bits per heavy atom. The van der Waals surface area contributed by atoms with Crippen LogP contribution < -0.4 is 4.90 Å². The van der Waals surface area contributed by atoms with E-state index in [4.69, 9.17) is 23.2 Å². The highest BCUT2D eigenvalue weighted by Crippen LogP contribution is 2.25. The number of anilines is 1. The average Bonchev–Trinajstić information content (AvgIpc) is 2.04. The summed E-state index contributed by atoms with van der Waals surface area (Å²) in [4.78, 5) is 6.15. The molecule has 2 nitrogen and oxygen atoms in total. The number of hydrogen-bond donors (Lipinski definition) is 0. The molecule has 0 aliphatic heterocycles. The van der Waals surface area contributed by atoms with Gasteiger partial charge in [-0.1, -0.05) is 11.6 Å². The highest BCUT2D eigenvalue weighted by Gasteiger charge is 2.06. The molecule has 1 aromatic rings. The molecule has 0 saturated carbocycles. The van der Waals surface area contributed by atoms with Crippen molar-refractivity contribution in [1.82, 2.24) is 4.98 Å². The molecule has 13 heavy (non-hydrogen) atoms. The fourth-order valence-electron chi connectivity index (χ4n) is 0.921. The lowest BCUT2D eigenvalue weighted by molar-refractivity contribution is 0.938. The predicted octanol–water partition coefficient (Wildman–Crippen LogP) is 3.17. The predicted molar refractivity (Wildman–Crippen MR) is 60.9 cm³/mol. The standard InChI is InChI=1S/C8H9BrCl2N2/c1-13(3-2-10)8-7(9)4-6(11)5-12-8/h4-5H,2-3H2,1H3. The van der Waals surface area contributed by atoms with Crippen molar-refractivity contribution in [3.05, 3.63) is 21.8 Å². The first-order chi connectivity index (χ1) is 6.15. The number of aromatic nitrogens is 1. The van der Waals surface area contributed by atoms with Crippen molar-refractivity contribution >= 4 is 44.9 Å². The van der Waals surface area contributed by atoms with Gasteiger partial charge in [-0.3, -0.25) is 0 Å². The number of halogens is 3. The Morgan fingerprint density at radius 2 is 2.31 bits per heavy atom. The Hall–Kier alpha value is 0.01000. The molecule has 0 saturated heterocycles. The molecule has 72 valence electrons. The van der Waals surface area contributed by atoms with Crippen LogP contribution in [0.15, 0.2) is 16.7 Å². The maximum absolute atomic E-state index is 5.76. The molecule has 0 fully saturated rings. The maximum Gasteiger partial charge on any atom is 0.142 e. The molecular formula is C8H9BrCl2N2. The molecule has 0 spiro atoms. The van der Waals surface area contributed by atoms with E-state index < -0.39 is 0 Å². The van der Waals surface area contributed by atoms with E-state index in [1.165, 1.54) is 0 Å². The van der Waals surface area contributed by atoms with E-state index in [2.05, 4.69) is 20.9 Å². The normalized spacial score (nSPS) is 10.2. The minimum atomic E-state index is 0.577. The van der Waals surface area contributed by atoms with Gasteiger partial charge in [0.25, 0.3) is 0 Å². The second kappa shape index (κ2) is 5.03. The third-order valence-corrected chi connectivity index (χ3v) is 2.53. The molecule has 0 N–H and O–H groups in total. The Bertz CT molecular complexity index is 293. The van der Waals surface area contributed by atoms with Crippen LogP contribution in [0.3, 0.4) is 0 Å². The topological polar surface area (TPSA) is 16.1 Å². The van der Waals surface area contributed by atoms with E-state index in [0.29, 0.717) is 10.9 Å². The maximum atomic E-state index is 5.76. The second-order valence-electron chi connectivity index (χ2n) is 2.57. The summed E-state index contributed by atoms with van der Waals surface area (Å²) in [6.45, 7) is 0.759. The number of rotatable bonds is 3. The molecule has 0 amide bonds. The zero-order valence-electron chi connectivity index (χ0n) is 7.10. The van der Waals surface area contributed by atoms with Gasteiger partial charge in [0.2, 0.25) is 0 Å². The number of pyridine rings is 1. The third-order valence-electron chi connectivity index (χ3n) is 1.57. The molecule has 0 atom stereocenters. The lowest BCUT2D eigenvalue weighted by Gasteiger charge is -2.17. The summed E-state index contributed by atoms with van der Waals surface area (Å²) in [6, 6.07) is 1.81. The Balaban J connectivity index is 2.88. The number of alkyl halides is 1. The minimum absolute atomic E-state index is 0.577. The molecule has 0 bridgehead atoms. The molecule has 1 heterocycles. The fourth-order valence-corrected chi connectivity index (χ4v) is 2.12. The van der Waals surface area contributed by atoms with Crippen molar-refractivity contribution in [3.8, 4) is 0 Å². The summed E-state index contributed by atoms with van der Waals surface area (Å²) in [7, 11) is 1.93. The average molecular weight is 284 g/mol. The SMILES string of the molecule is CN(CCCl)c1ncc(Cl)cc1Br. The molecule has 5 heteroatoms. The molecule has 1 rings (SSSR count). The van der Waals surface area contributed by atoms with Crippen molar-refractivity contribution in [2.45, 2.75) is 0 Å². The van der Waals surface area contributed by atoms with Crippen molar-refractivity contribution in [3.63, 3.8) is 0 Å². The van der Waals surface area contributed by atoms with E-state index in [-0.39, 0.29) is 0 Å². The van der Waals surface area contributed by atoms with Crippen LogP contribution in [0, 0.1) is 0 Å². The first-order valence-electron chi connectivity index (χ1n) is 3.73. The zero-order valence-corrected chi connectivity index (χ0v) is 10.2. The van der Waals surface area contributed by atoms with Crippen LogP contribution in [0.25, 0.3) is 0 Å². The van der Waals surface area contributed by atoms with Gasteiger partial charge in [0, 0.05) is 25.7 Å². The van der Waals surface area contributed by atoms with E-state index in [9.17, 15) is 0 Å². The van der Waals surface area contributed by atoms with Crippen LogP contribution >= 0.6 is 39.1 Å². The van der Waals surface area contributed by atoms with Gasteiger partial charge in [0.05, 0.1) is 9.50 Å². The van der Waals surface area contributed by atoms with Crippen molar-refractivity contribution in [2.75, 3.05) is 24.4 Å². The summed E-state index contributed by atoms with van der Waals surface area (Å²) in [5.41, 5.74) is 0. The number of hydrogen-bond acceptors (Lipinski definition) is 2. The highest BCUT2D eigenvalue weighted by atomic mass is 79.9. The second-order valence-corrected chi connectivity index (χ2v) is 4.24. The fraction of sp³-hybridized carbons (Fsp3) is 0.375. The largest absolute Gasteiger partial charge is 0.358 e. The van der Waals surface area contributed by atoms with Crippen LogP contribution in [-0.2, 0) is 0 Å². The first kappa shape index (κ1) is 11.1. The van der Waals surface area contributed by atoms with Crippen LogP contribution in [0.2, 0.25) is 5.02 Å². The Labute approximate surface area is 96.0 Å². The van der Waals surface area contributed by atoms with E-state index >= 15 is 0 Å². The quantitative estimate of drug-likeness (QED) is 0.792. The van der Waals surface area contributed by atoms with Crippen molar-refractivity contribution in [1.29, 1.82) is 0 Å². The van der Waals surface area contributed by atoms with E-state index in [1.807, 2.05) is 18.0 Å². The lowest BCUT2D eigenvalue weighted by Crippen LogP contribution is -2.21. The molecule has 0 aliphatic rings. The summed E-state index contributed by atoms with van der Waals surface area (Å²) < 4.78 is 0.882. The monoisotopic (exact) mass is 282 g/mol. The molecule has 0 unspecified atom stereocenters. The molecule has 0 aliphatic carbocycles. The molecule has 1 aromatic heterocycles. The highest BCUT2D eigenvalue weighted by molar-refractivity contribution is 9.10. The van der Waals surface area contributed by atoms with Gasteiger partial charge in [0.15, 0.2) is 0 Å². The van der Waals surface area contributed by atoms with Gasteiger partial charge < -0.3 is 4.90 Å². The lowest BCUT2D eigenvalue weighted by atomic mass is 10.4. The van der Waals surface area contributed by atoms with Gasteiger partial charge in [-0.2, -0.15) is 0 Å². The van der Waals surface area contributed by atoms with Crippen LogP contribution in [0.1, 0.15) is 0 Å². The zero-order chi connectivity index (χ0) is 9.84. The smallest absolute Gasteiger partial charge is 0.142 e. The van der Waals surface area contributed by atoms with Crippen LogP contribution in [0.4, 0.5) is 5.82 Å². The van der Waals surface area contributed by atoms with Gasteiger partial charge in [-0.25, -0.2) is 4.98 Å². The van der Waals surface area contributed by atoms with Gasteiger partial charge in [-0.05, 0) is 22.0 Å². The Morgan fingerprint density at radius 3 is 2.85 bits per heavy atom. The van der Waals surface area contributed by atoms with Gasteiger partial charge in [0.1, 0.15) is 5.82 Å². The van der Waals surface area contributed by atoms with Gasteiger partial charge >= 0.3 is 0 Å². The summed E-state index contributed by atoms with van der Waals surface area (Å²) in [6.07, 6.45) is 1.62. The van der Waals surface area contributed by atoms with E-state index in [1.54, 1.807) is 6.20 Å². The molecule has 0 aromatic carbocycles. The van der Waals surface area contributed by atoms with Crippen molar-refractivity contribution < 1.29 is 0 Å². The third kappa shape index (κ3) is 3.01. The van der Waals surface area contributed by atoms with E-state index in [0.717, 1.165) is 16.8 Å². The van der Waals surface area contributed by atoms with Crippen LogP contribution in [0.5, 0.6) is 0 Å². The minimum Gasteiger partial charge on any atom is -0.358 e. The van der Waals surface area contributed by atoms with Gasteiger partial charge in [-0.15, -0.1) is 11.6 Å². The number of nitrogens with zero attached hydrogens (tertiary/aromatic N) is 2. The van der Waals surface area contributed by atoms with Crippen molar-refractivity contribution in [2.24, 2.45) is 0 Å². The summed E-state index contributed by atoms with van der Waals surface area (Å²) >= 11 is 14.8.